The van der Waals surface area contributed by atoms with Crippen LogP contribution in [0.4, 0.5) is 0 Å². The van der Waals surface area contributed by atoms with Crippen molar-refractivity contribution in [3.8, 4) is 12.3 Å². The number of ether oxygens (including phenoxy) is 2. The van der Waals surface area contributed by atoms with Crippen LogP contribution in [-0.2, 0) is 9.47 Å². The summed E-state index contributed by atoms with van der Waals surface area (Å²) in [7, 11) is 0. The van der Waals surface area contributed by atoms with Gasteiger partial charge in [0.15, 0.2) is 0 Å². The fraction of sp³-hybridized carbons (Fsp3) is 0.778. The van der Waals surface area contributed by atoms with Crippen LogP contribution in [0, 0.1) is 12.3 Å². The topological polar surface area (TPSA) is 18.5 Å². The summed E-state index contributed by atoms with van der Waals surface area (Å²) >= 11 is 0. The molecular formula is C9H16O2. The van der Waals surface area contributed by atoms with Crippen molar-refractivity contribution in [2.24, 2.45) is 0 Å². The summed E-state index contributed by atoms with van der Waals surface area (Å²) in [5.41, 5.74) is 0. The molecule has 0 rings (SSSR count). The summed E-state index contributed by atoms with van der Waals surface area (Å²) in [4.78, 5) is 0. The van der Waals surface area contributed by atoms with E-state index in [0.717, 1.165) is 32.7 Å². The van der Waals surface area contributed by atoms with E-state index in [4.69, 9.17) is 15.9 Å². The van der Waals surface area contributed by atoms with Crippen molar-refractivity contribution in [3.63, 3.8) is 0 Å². The molecule has 0 aliphatic heterocycles. The molecule has 0 unspecified atom stereocenters. The minimum Gasteiger partial charge on any atom is -0.382 e. The Kier molecular flexibility index (Phi) is 9.03. The number of terminal acetylenes is 1. The van der Waals surface area contributed by atoms with E-state index < -0.39 is 0 Å². The van der Waals surface area contributed by atoms with Crippen molar-refractivity contribution in [1.29, 1.82) is 0 Å². The molecule has 0 N–H and O–H groups in total. The zero-order valence-corrected chi connectivity index (χ0v) is 7.14. The van der Waals surface area contributed by atoms with Gasteiger partial charge in [-0.3, -0.25) is 0 Å². The van der Waals surface area contributed by atoms with Crippen LogP contribution in [0.25, 0.3) is 0 Å². The lowest BCUT2D eigenvalue weighted by molar-refractivity contribution is 0.122. The third kappa shape index (κ3) is 9.48. The van der Waals surface area contributed by atoms with Gasteiger partial charge in [0.1, 0.15) is 6.61 Å². The molecule has 0 aromatic rings. The Bertz CT molecular complexity index is 105. The molecule has 0 amide bonds. The highest BCUT2D eigenvalue weighted by Crippen LogP contribution is 1.90. The minimum atomic E-state index is 0.425. The van der Waals surface area contributed by atoms with Crippen molar-refractivity contribution in [1.82, 2.24) is 0 Å². The summed E-state index contributed by atoms with van der Waals surface area (Å²) in [6.45, 7) is 4.79. The van der Waals surface area contributed by atoms with Crippen LogP contribution in [-0.4, -0.2) is 26.4 Å². The maximum atomic E-state index is 5.14. The van der Waals surface area contributed by atoms with E-state index in [1.165, 1.54) is 0 Å². The van der Waals surface area contributed by atoms with Crippen LogP contribution in [0.3, 0.4) is 0 Å². The third-order valence-electron chi connectivity index (χ3n) is 1.22. The summed E-state index contributed by atoms with van der Waals surface area (Å²) in [5, 5.41) is 0. The van der Waals surface area contributed by atoms with E-state index in [1.807, 2.05) is 6.92 Å². The van der Waals surface area contributed by atoms with Crippen LogP contribution in [0.2, 0.25) is 0 Å². The van der Waals surface area contributed by atoms with Gasteiger partial charge in [-0.25, -0.2) is 0 Å². The van der Waals surface area contributed by atoms with Gasteiger partial charge >= 0.3 is 0 Å². The number of rotatable bonds is 7. The molecule has 0 bridgehead atoms. The van der Waals surface area contributed by atoms with Crippen molar-refractivity contribution < 1.29 is 9.47 Å². The lowest BCUT2D eigenvalue weighted by Crippen LogP contribution is -1.98. The summed E-state index contributed by atoms with van der Waals surface area (Å²) in [6, 6.07) is 0. The molecule has 0 spiro atoms. The predicted molar refractivity (Wildman–Crippen MR) is 45.4 cm³/mol. The molecule has 0 fully saturated rings. The van der Waals surface area contributed by atoms with Gasteiger partial charge in [-0.05, 0) is 19.8 Å². The van der Waals surface area contributed by atoms with Crippen molar-refractivity contribution >= 4 is 0 Å². The Morgan fingerprint density at radius 3 is 2.36 bits per heavy atom. The molecule has 0 radical (unpaired) electrons. The van der Waals surface area contributed by atoms with Crippen molar-refractivity contribution in [2.75, 3.05) is 26.4 Å². The molecule has 2 heteroatoms. The Morgan fingerprint density at radius 2 is 1.82 bits per heavy atom. The van der Waals surface area contributed by atoms with E-state index in [-0.39, 0.29) is 0 Å². The highest BCUT2D eigenvalue weighted by atomic mass is 16.5. The third-order valence-corrected chi connectivity index (χ3v) is 1.22. The Hall–Kier alpha value is -0.520. The van der Waals surface area contributed by atoms with Crippen LogP contribution in [0.15, 0.2) is 0 Å². The van der Waals surface area contributed by atoms with Crippen LogP contribution in [0.1, 0.15) is 19.8 Å². The van der Waals surface area contributed by atoms with Gasteiger partial charge in [-0.2, -0.15) is 0 Å². The number of hydrogen-bond acceptors (Lipinski definition) is 2. The molecule has 2 nitrogen and oxygen atoms in total. The second-order valence-electron chi connectivity index (χ2n) is 2.16. The van der Waals surface area contributed by atoms with E-state index >= 15 is 0 Å². The van der Waals surface area contributed by atoms with Gasteiger partial charge in [0.05, 0.1) is 0 Å². The Morgan fingerprint density at radius 1 is 1.18 bits per heavy atom. The van der Waals surface area contributed by atoms with Gasteiger partial charge in [-0.15, -0.1) is 6.42 Å². The first-order valence-electron chi connectivity index (χ1n) is 4.00. The zero-order valence-electron chi connectivity index (χ0n) is 7.14. The Balaban J connectivity index is 2.75. The molecule has 0 saturated heterocycles. The largest absolute Gasteiger partial charge is 0.382 e. The quantitative estimate of drug-likeness (QED) is 0.410. The van der Waals surface area contributed by atoms with Crippen LogP contribution >= 0.6 is 0 Å². The fourth-order valence-electron chi connectivity index (χ4n) is 0.684. The predicted octanol–water partition coefficient (Wildman–Crippen LogP) is 1.45. The maximum Gasteiger partial charge on any atom is 0.107 e. The molecule has 0 aromatic carbocycles. The summed E-state index contributed by atoms with van der Waals surface area (Å²) in [6.07, 6.45) is 7.07. The van der Waals surface area contributed by atoms with E-state index in [9.17, 15) is 0 Å². The monoisotopic (exact) mass is 156 g/mol. The lowest BCUT2D eigenvalue weighted by atomic mass is 10.3. The van der Waals surface area contributed by atoms with Crippen LogP contribution in [0.5, 0.6) is 0 Å². The van der Waals surface area contributed by atoms with Gasteiger partial charge in [-0.1, -0.05) is 5.92 Å². The molecular weight excluding hydrogens is 140 g/mol. The van der Waals surface area contributed by atoms with Crippen molar-refractivity contribution in [2.45, 2.75) is 19.8 Å². The molecule has 0 aliphatic rings. The summed E-state index contributed by atoms with van der Waals surface area (Å²) < 4.78 is 10.2. The molecule has 11 heavy (non-hydrogen) atoms. The lowest BCUT2D eigenvalue weighted by Gasteiger charge is -2.00. The molecule has 0 aromatic heterocycles. The SMILES string of the molecule is C#CCOCCCCOCC. The first-order chi connectivity index (χ1) is 5.41. The highest BCUT2D eigenvalue weighted by Gasteiger charge is 1.87. The number of unbranched alkanes of at least 4 members (excludes halogenated alkanes) is 1. The first kappa shape index (κ1) is 10.5. The minimum absolute atomic E-state index is 0.425. The van der Waals surface area contributed by atoms with Gasteiger partial charge in [0.25, 0.3) is 0 Å². The normalized spacial score (nSPS) is 9.45. The van der Waals surface area contributed by atoms with Crippen LogP contribution < -0.4 is 0 Å². The van der Waals surface area contributed by atoms with Gasteiger partial charge < -0.3 is 9.47 Å². The smallest absolute Gasteiger partial charge is 0.107 e. The van der Waals surface area contributed by atoms with Gasteiger partial charge in [0.2, 0.25) is 0 Å². The highest BCUT2D eigenvalue weighted by molar-refractivity contribution is 4.82. The average Bonchev–Trinajstić information content (AvgIpc) is 2.03. The molecule has 0 aliphatic carbocycles. The zero-order chi connectivity index (χ0) is 8.36. The van der Waals surface area contributed by atoms with E-state index in [2.05, 4.69) is 5.92 Å². The van der Waals surface area contributed by atoms with Gasteiger partial charge in [0, 0.05) is 19.8 Å². The Labute approximate surface area is 68.9 Å². The first-order valence-corrected chi connectivity index (χ1v) is 4.00. The van der Waals surface area contributed by atoms with Crippen molar-refractivity contribution in [3.05, 3.63) is 0 Å². The second-order valence-corrected chi connectivity index (χ2v) is 2.16. The molecule has 0 heterocycles. The second kappa shape index (κ2) is 9.48. The molecule has 64 valence electrons. The molecule has 0 atom stereocenters. The summed E-state index contributed by atoms with van der Waals surface area (Å²) in [5.74, 6) is 2.42. The van der Waals surface area contributed by atoms with E-state index in [1.54, 1.807) is 0 Å². The molecule has 0 saturated carbocycles. The van der Waals surface area contributed by atoms with E-state index in [0.29, 0.717) is 6.61 Å². The fourth-order valence-corrected chi connectivity index (χ4v) is 0.684. The average molecular weight is 156 g/mol. The number of hydrogen-bond donors (Lipinski definition) is 0. The maximum absolute atomic E-state index is 5.14. The standard InChI is InChI=1S/C9H16O2/c1-3-7-11-9-6-5-8-10-4-2/h1H,4-9H2,2H3.